The van der Waals surface area contributed by atoms with Gasteiger partial charge in [0.15, 0.2) is 0 Å². The molecule has 15 heavy (non-hydrogen) atoms. The van der Waals surface area contributed by atoms with Crippen LogP contribution in [-0.2, 0) is 9.57 Å². The first-order chi connectivity index (χ1) is 7.30. The summed E-state index contributed by atoms with van der Waals surface area (Å²) in [5, 5.41) is 4.08. The highest BCUT2D eigenvalue weighted by atomic mass is 16.6. The van der Waals surface area contributed by atoms with E-state index in [-0.39, 0.29) is 5.54 Å². The Balaban J connectivity index is 2.04. The van der Waals surface area contributed by atoms with Crippen LogP contribution in [-0.4, -0.2) is 49.6 Å². The molecule has 2 aliphatic rings. The van der Waals surface area contributed by atoms with E-state index in [2.05, 4.69) is 17.0 Å². The smallest absolute Gasteiger partial charge is 0.106 e. The van der Waals surface area contributed by atoms with Crippen molar-refractivity contribution in [3.05, 3.63) is 0 Å². The summed E-state index contributed by atoms with van der Waals surface area (Å²) < 4.78 is 5.61. The van der Waals surface area contributed by atoms with Crippen molar-refractivity contribution in [2.24, 2.45) is 5.16 Å². The summed E-state index contributed by atoms with van der Waals surface area (Å²) >= 11 is 0. The van der Waals surface area contributed by atoms with Gasteiger partial charge in [-0.1, -0.05) is 5.16 Å². The minimum Gasteiger partial charge on any atom is -0.399 e. The molecule has 86 valence electrons. The second kappa shape index (κ2) is 4.49. The Hall–Kier alpha value is -0.610. The van der Waals surface area contributed by atoms with Gasteiger partial charge in [0.2, 0.25) is 0 Å². The SMILES string of the molecule is CCOCC12CCCN1C/C(=N\OC)C2. The predicted molar refractivity (Wildman–Crippen MR) is 59.1 cm³/mol. The number of hydrogen-bond acceptors (Lipinski definition) is 4. The summed E-state index contributed by atoms with van der Waals surface area (Å²) in [5.41, 5.74) is 1.39. The zero-order chi connectivity index (χ0) is 10.7. The van der Waals surface area contributed by atoms with Gasteiger partial charge in [-0.15, -0.1) is 0 Å². The summed E-state index contributed by atoms with van der Waals surface area (Å²) in [6.07, 6.45) is 3.53. The number of oxime groups is 1. The van der Waals surface area contributed by atoms with Crippen molar-refractivity contribution in [2.45, 2.75) is 31.7 Å². The summed E-state index contributed by atoms with van der Waals surface area (Å²) in [5.74, 6) is 0. The monoisotopic (exact) mass is 212 g/mol. The van der Waals surface area contributed by atoms with Crippen molar-refractivity contribution in [1.82, 2.24) is 4.90 Å². The molecule has 2 aliphatic heterocycles. The van der Waals surface area contributed by atoms with Crippen LogP contribution < -0.4 is 0 Å². The molecule has 0 N–H and O–H groups in total. The molecule has 1 unspecified atom stereocenters. The van der Waals surface area contributed by atoms with Crippen molar-refractivity contribution in [3.8, 4) is 0 Å². The lowest BCUT2D eigenvalue weighted by molar-refractivity contribution is 0.0419. The Morgan fingerprint density at radius 1 is 1.53 bits per heavy atom. The van der Waals surface area contributed by atoms with Crippen LogP contribution in [0.1, 0.15) is 26.2 Å². The van der Waals surface area contributed by atoms with Crippen LogP contribution in [0.5, 0.6) is 0 Å². The molecule has 0 aliphatic carbocycles. The Bertz CT molecular complexity index is 255. The van der Waals surface area contributed by atoms with Gasteiger partial charge in [0.25, 0.3) is 0 Å². The Kier molecular flexibility index (Phi) is 3.26. The predicted octanol–water partition coefficient (Wildman–Crippen LogP) is 1.26. The fraction of sp³-hybridized carbons (Fsp3) is 0.909. The molecular weight excluding hydrogens is 192 g/mol. The lowest BCUT2D eigenvalue weighted by atomic mass is 9.95. The second-order valence-corrected chi connectivity index (χ2v) is 4.40. The first-order valence-electron chi connectivity index (χ1n) is 5.72. The fourth-order valence-electron chi connectivity index (χ4n) is 2.79. The highest BCUT2D eigenvalue weighted by Gasteiger charge is 2.47. The third-order valence-electron chi connectivity index (χ3n) is 3.44. The maximum absolute atomic E-state index is 5.61. The fourth-order valence-corrected chi connectivity index (χ4v) is 2.79. The van der Waals surface area contributed by atoms with E-state index in [4.69, 9.17) is 9.57 Å². The van der Waals surface area contributed by atoms with Crippen LogP contribution in [0, 0.1) is 0 Å². The molecule has 0 saturated carbocycles. The quantitative estimate of drug-likeness (QED) is 0.658. The zero-order valence-electron chi connectivity index (χ0n) is 9.66. The van der Waals surface area contributed by atoms with Gasteiger partial charge in [0.05, 0.1) is 17.9 Å². The van der Waals surface area contributed by atoms with E-state index >= 15 is 0 Å². The molecule has 4 nitrogen and oxygen atoms in total. The first kappa shape index (κ1) is 10.9. The zero-order valence-corrected chi connectivity index (χ0v) is 9.66. The Morgan fingerprint density at radius 2 is 2.40 bits per heavy atom. The standard InChI is InChI=1S/C11H20N2O2/c1-3-15-9-11-5-4-6-13(11)8-10(7-11)12-14-2/h3-9H2,1-2H3/b12-10-. The van der Waals surface area contributed by atoms with Crippen molar-refractivity contribution in [1.29, 1.82) is 0 Å². The number of ether oxygens (including phenoxy) is 1. The minimum absolute atomic E-state index is 0.230. The molecule has 4 heteroatoms. The molecule has 0 amide bonds. The molecule has 0 aromatic heterocycles. The lowest BCUT2D eigenvalue weighted by Crippen LogP contribution is -2.42. The van der Waals surface area contributed by atoms with Crippen LogP contribution in [0.2, 0.25) is 0 Å². The van der Waals surface area contributed by atoms with Gasteiger partial charge in [-0.05, 0) is 26.3 Å². The maximum atomic E-state index is 5.61. The number of hydrogen-bond donors (Lipinski definition) is 0. The van der Waals surface area contributed by atoms with E-state index in [0.29, 0.717) is 0 Å². The average molecular weight is 212 g/mol. The number of fused-ring (bicyclic) bond motifs is 1. The minimum atomic E-state index is 0.230. The molecule has 0 aromatic rings. The van der Waals surface area contributed by atoms with Crippen molar-refractivity contribution >= 4 is 5.71 Å². The van der Waals surface area contributed by atoms with Crippen LogP contribution in [0.4, 0.5) is 0 Å². The largest absolute Gasteiger partial charge is 0.399 e. The maximum Gasteiger partial charge on any atom is 0.106 e. The van der Waals surface area contributed by atoms with E-state index in [1.54, 1.807) is 7.11 Å². The molecule has 2 rings (SSSR count). The molecule has 0 bridgehead atoms. The normalized spacial score (nSPS) is 33.6. The van der Waals surface area contributed by atoms with Crippen molar-refractivity contribution in [2.75, 3.05) is 33.4 Å². The molecular formula is C11H20N2O2. The summed E-state index contributed by atoms with van der Waals surface area (Å²) in [6.45, 7) is 5.82. The van der Waals surface area contributed by atoms with Crippen LogP contribution in [0.15, 0.2) is 5.16 Å². The molecule has 2 fully saturated rings. The van der Waals surface area contributed by atoms with Gasteiger partial charge >= 0.3 is 0 Å². The first-order valence-corrected chi connectivity index (χ1v) is 5.72. The Morgan fingerprint density at radius 3 is 3.13 bits per heavy atom. The molecule has 2 saturated heterocycles. The van der Waals surface area contributed by atoms with Crippen LogP contribution in [0.25, 0.3) is 0 Å². The molecule has 0 aromatic carbocycles. The third kappa shape index (κ3) is 2.01. The topological polar surface area (TPSA) is 34.1 Å². The number of nitrogens with zero attached hydrogens (tertiary/aromatic N) is 2. The van der Waals surface area contributed by atoms with Gasteiger partial charge in [-0.3, -0.25) is 4.90 Å². The third-order valence-corrected chi connectivity index (χ3v) is 3.44. The van der Waals surface area contributed by atoms with E-state index < -0.39 is 0 Å². The molecule has 1 atom stereocenters. The molecule has 0 radical (unpaired) electrons. The molecule has 0 spiro atoms. The van der Waals surface area contributed by atoms with E-state index in [9.17, 15) is 0 Å². The summed E-state index contributed by atoms with van der Waals surface area (Å²) in [6, 6.07) is 0. The lowest BCUT2D eigenvalue weighted by Gasteiger charge is -2.30. The van der Waals surface area contributed by atoms with Gasteiger partial charge in [0.1, 0.15) is 7.11 Å². The van der Waals surface area contributed by atoms with Crippen LogP contribution in [0.3, 0.4) is 0 Å². The van der Waals surface area contributed by atoms with Crippen molar-refractivity contribution < 1.29 is 9.57 Å². The Labute approximate surface area is 91.2 Å². The summed E-state index contributed by atoms with van der Waals surface area (Å²) in [4.78, 5) is 7.36. The van der Waals surface area contributed by atoms with Gasteiger partial charge in [-0.25, -0.2) is 0 Å². The van der Waals surface area contributed by atoms with E-state index in [1.165, 1.54) is 19.4 Å². The van der Waals surface area contributed by atoms with Gasteiger partial charge in [-0.2, -0.15) is 0 Å². The van der Waals surface area contributed by atoms with Gasteiger partial charge in [0, 0.05) is 19.6 Å². The van der Waals surface area contributed by atoms with E-state index in [0.717, 1.165) is 31.9 Å². The second-order valence-electron chi connectivity index (χ2n) is 4.40. The highest BCUT2D eigenvalue weighted by molar-refractivity contribution is 5.89. The van der Waals surface area contributed by atoms with Crippen LogP contribution >= 0.6 is 0 Å². The average Bonchev–Trinajstić information content (AvgIpc) is 2.72. The van der Waals surface area contributed by atoms with Gasteiger partial charge < -0.3 is 9.57 Å². The highest BCUT2D eigenvalue weighted by Crippen LogP contribution is 2.37. The molecule has 2 heterocycles. The summed E-state index contributed by atoms with van der Waals surface area (Å²) in [7, 11) is 1.62. The number of rotatable bonds is 4. The van der Waals surface area contributed by atoms with E-state index in [1.807, 2.05) is 0 Å². The van der Waals surface area contributed by atoms with Crippen molar-refractivity contribution in [3.63, 3.8) is 0 Å².